The fourth-order valence-electron chi connectivity index (χ4n) is 3.95. The standard InChI is InChI=1S/C24H28N2O5/c1-3-26(14-23(28)29)22(27)12-16(2)13-25-24(30)31-15-21-19-10-6-4-8-17(19)18-9-5-7-11-20(18)21/h4-11,16,21H,3,12-15H2,1-2H3,(H,25,30)(H,28,29). The molecule has 1 unspecified atom stereocenters. The first-order chi connectivity index (χ1) is 14.9. The molecule has 2 aromatic rings. The van der Waals surface area contributed by atoms with E-state index in [4.69, 9.17) is 9.84 Å². The van der Waals surface area contributed by atoms with Crippen molar-refractivity contribution in [1.29, 1.82) is 0 Å². The average Bonchev–Trinajstić information content (AvgIpc) is 3.08. The first-order valence-corrected chi connectivity index (χ1v) is 10.5. The number of amides is 2. The van der Waals surface area contributed by atoms with Crippen molar-refractivity contribution >= 4 is 18.0 Å². The number of likely N-dealkylation sites (N-methyl/N-ethyl adjacent to an activating group) is 1. The highest BCUT2D eigenvalue weighted by Gasteiger charge is 2.29. The van der Waals surface area contributed by atoms with Crippen LogP contribution in [0.4, 0.5) is 4.79 Å². The molecule has 1 atom stereocenters. The third-order valence-corrected chi connectivity index (χ3v) is 5.52. The molecule has 1 aliphatic carbocycles. The molecule has 0 aliphatic heterocycles. The number of hydrogen-bond donors (Lipinski definition) is 2. The zero-order valence-corrected chi connectivity index (χ0v) is 17.8. The van der Waals surface area contributed by atoms with Gasteiger partial charge in [-0.05, 0) is 35.1 Å². The van der Waals surface area contributed by atoms with Crippen LogP contribution in [0.15, 0.2) is 48.5 Å². The molecule has 164 valence electrons. The van der Waals surface area contributed by atoms with Crippen molar-refractivity contribution in [3.05, 3.63) is 59.7 Å². The van der Waals surface area contributed by atoms with E-state index in [1.54, 1.807) is 6.92 Å². The Morgan fingerprint density at radius 3 is 2.19 bits per heavy atom. The van der Waals surface area contributed by atoms with Crippen molar-refractivity contribution in [2.75, 3.05) is 26.2 Å². The molecule has 0 spiro atoms. The summed E-state index contributed by atoms with van der Waals surface area (Å²) in [5, 5.41) is 11.6. The second kappa shape index (κ2) is 10.1. The lowest BCUT2D eigenvalue weighted by atomic mass is 9.98. The van der Waals surface area contributed by atoms with Crippen LogP contribution in [0.25, 0.3) is 11.1 Å². The van der Waals surface area contributed by atoms with E-state index in [0.29, 0.717) is 6.54 Å². The molecule has 0 aromatic heterocycles. The summed E-state index contributed by atoms with van der Waals surface area (Å²) in [4.78, 5) is 36.6. The molecule has 3 rings (SSSR count). The number of carbonyl (C=O) groups is 3. The number of rotatable bonds is 9. The van der Waals surface area contributed by atoms with Gasteiger partial charge in [-0.1, -0.05) is 55.5 Å². The quantitative estimate of drug-likeness (QED) is 0.642. The minimum atomic E-state index is -1.04. The van der Waals surface area contributed by atoms with E-state index in [0.717, 1.165) is 11.1 Å². The van der Waals surface area contributed by atoms with Crippen LogP contribution in [0, 0.1) is 5.92 Å². The fraction of sp³-hybridized carbons (Fsp3) is 0.375. The van der Waals surface area contributed by atoms with Gasteiger partial charge in [-0.3, -0.25) is 9.59 Å². The van der Waals surface area contributed by atoms with E-state index in [-0.39, 0.29) is 43.9 Å². The van der Waals surface area contributed by atoms with E-state index < -0.39 is 12.1 Å². The Morgan fingerprint density at radius 1 is 1.06 bits per heavy atom. The van der Waals surface area contributed by atoms with Gasteiger partial charge in [0.15, 0.2) is 0 Å². The highest BCUT2D eigenvalue weighted by molar-refractivity contribution is 5.81. The summed E-state index contributed by atoms with van der Waals surface area (Å²) in [5.74, 6) is -1.44. The smallest absolute Gasteiger partial charge is 0.407 e. The highest BCUT2D eigenvalue weighted by Crippen LogP contribution is 2.44. The number of nitrogens with one attached hydrogen (secondary N) is 1. The zero-order valence-electron chi connectivity index (χ0n) is 17.8. The summed E-state index contributed by atoms with van der Waals surface area (Å²) in [5.41, 5.74) is 4.63. The molecule has 0 bridgehead atoms. The molecule has 2 amide bonds. The maximum atomic E-state index is 12.2. The molecule has 0 radical (unpaired) electrons. The monoisotopic (exact) mass is 424 g/mol. The van der Waals surface area contributed by atoms with Crippen LogP contribution in [-0.4, -0.2) is 54.2 Å². The number of aliphatic carboxylic acids is 1. The predicted octanol–water partition coefficient (Wildman–Crippen LogP) is 3.48. The average molecular weight is 424 g/mol. The largest absolute Gasteiger partial charge is 0.480 e. The minimum Gasteiger partial charge on any atom is -0.480 e. The second-order valence-corrected chi connectivity index (χ2v) is 7.82. The van der Waals surface area contributed by atoms with E-state index in [1.807, 2.05) is 31.2 Å². The topological polar surface area (TPSA) is 95.9 Å². The van der Waals surface area contributed by atoms with Crippen molar-refractivity contribution in [3.8, 4) is 11.1 Å². The summed E-state index contributed by atoms with van der Waals surface area (Å²) in [6, 6.07) is 16.3. The Bertz CT molecular complexity index is 913. The van der Waals surface area contributed by atoms with Crippen LogP contribution in [-0.2, 0) is 14.3 Å². The number of ether oxygens (including phenoxy) is 1. The first-order valence-electron chi connectivity index (χ1n) is 10.5. The molecule has 0 heterocycles. The molecule has 0 saturated heterocycles. The zero-order chi connectivity index (χ0) is 22.4. The van der Waals surface area contributed by atoms with Gasteiger partial charge in [0.25, 0.3) is 0 Å². The lowest BCUT2D eigenvalue weighted by molar-refractivity contribution is -0.144. The van der Waals surface area contributed by atoms with Gasteiger partial charge in [-0.15, -0.1) is 0 Å². The summed E-state index contributed by atoms with van der Waals surface area (Å²) >= 11 is 0. The van der Waals surface area contributed by atoms with Gasteiger partial charge in [0.05, 0.1) is 0 Å². The van der Waals surface area contributed by atoms with Crippen LogP contribution >= 0.6 is 0 Å². The van der Waals surface area contributed by atoms with Gasteiger partial charge < -0.3 is 20.1 Å². The normalized spacial score (nSPS) is 13.1. The summed E-state index contributed by atoms with van der Waals surface area (Å²) in [6.07, 6.45) is -0.371. The molecule has 2 aromatic carbocycles. The number of benzene rings is 2. The number of carboxylic acid groups (broad SMARTS) is 1. The number of fused-ring (bicyclic) bond motifs is 3. The van der Waals surface area contributed by atoms with Crippen LogP contribution in [0.3, 0.4) is 0 Å². The molecular weight excluding hydrogens is 396 g/mol. The Kier molecular flexibility index (Phi) is 7.28. The van der Waals surface area contributed by atoms with Crippen LogP contribution in [0.5, 0.6) is 0 Å². The fourth-order valence-corrected chi connectivity index (χ4v) is 3.95. The molecule has 7 heteroatoms. The van der Waals surface area contributed by atoms with Crippen LogP contribution in [0.1, 0.15) is 37.3 Å². The maximum absolute atomic E-state index is 12.2. The van der Waals surface area contributed by atoms with E-state index in [2.05, 4.69) is 29.6 Å². The Hall–Kier alpha value is -3.35. The van der Waals surface area contributed by atoms with E-state index in [1.165, 1.54) is 16.0 Å². The van der Waals surface area contributed by atoms with E-state index in [9.17, 15) is 14.4 Å². The second-order valence-electron chi connectivity index (χ2n) is 7.82. The van der Waals surface area contributed by atoms with Gasteiger partial charge in [-0.25, -0.2) is 4.79 Å². The molecule has 2 N–H and O–H groups in total. The molecule has 7 nitrogen and oxygen atoms in total. The summed E-state index contributed by atoms with van der Waals surface area (Å²) in [6.45, 7) is 4.08. The van der Waals surface area contributed by atoms with E-state index >= 15 is 0 Å². The number of hydrogen-bond acceptors (Lipinski definition) is 4. The van der Waals surface area contributed by atoms with Crippen LogP contribution < -0.4 is 5.32 Å². The van der Waals surface area contributed by atoms with Gasteiger partial charge in [0.2, 0.25) is 5.91 Å². The lowest BCUT2D eigenvalue weighted by Gasteiger charge is -2.21. The molecule has 0 saturated carbocycles. The predicted molar refractivity (Wildman–Crippen MR) is 117 cm³/mol. The number of nitrogens with zero attached hydrogens (tertiary/aromatic N) is 1. The highest BCUT2D eigenvalue weighted by atomic mass is 16.5. The molecule has 1 aliphatic rings. The number of carbonyl (C=O) groups excluding carboxylic acids is 2. The molecule has 0 fully saturated rings. The third kappa shape index (κ3) is 5.42. The van der Waals surface area contributed by atoms with Crippen molar-refractivity contribution in [1.82, 2.24) is 10.2 Å². The third-order valence-electron chi connectivity index (χ3n) is 5.52. The summed E-state index contributed by atoms with van der Waals surface area (Å²) < 4.78 is 5.49. The van der Waals surface area contributed by atoms with Crippen molar-refractivity contribution in [3.63, 3.8) is 0 Å². The SMILES string of the molecule is CCN(CC(=O)O)C(=O)CC(C)CNC(=O)OCC1c2ccccc2-c2ccccc21. The van der Waals surface area contributed by atoms with Gasteiger partial charge in [-0.2, -0.15) is 0 Å². The van der Waals surface area contributed by atoms with Crippen LogP contribution in [0.2, 0.25) is 0 Å². The lowest BCUT2D eigenvalue weighted by Crippen LogP contribution is -2.38. The summed E-state index contributed by atoms with van der Waals surface area (Å²) in [7, 11) is 0. The van der Waals surface area contributed by atoms with Crippen molar-refractivity contribution in [2.24, 2.45) is 5.92 Å². The number of carboxylic acids is 1. The molecular formula is C24H28N2O5. The van der Waals surface area contributed by atoms with Gasteiger partial charge in [0.1, 0.15) is 13.2 Å². The van der Waals surface area contributed by atoms with Gasteiger partial charge in [0, 0.05) is 25.4 Å². The maximum Gasteiger partial charge on any atom is 0.407 e. The molecule has 31 heavy (non-hydrogen) atoms. The minimum absolute atomic E-state index is 0.00807. The first kappa shape index (κ1) is 22.3. The van der Waals surface area contributed by atoms with Crippen molar-refractivity contribution < 1.29 is 24.2 Å². The number of alkyl carbamates (subject to hydrolysis) is 1. The van der Waals surface area contributed by atoms with Crippen molar-refractivity contribution in [2.45, 2.75) is 26.2 Å². The Morgan fingerprint density at radius 2 is 1.65 bits per heavy atom. The Labute approximate surface area is 182 Å². The van der Waals surface area contributed by atoms with Gasteiger partial charge >= 0.3 is 12.1 Å². The Balaban J connectivity index is 1.50.